The van der Waals surface area contributed by atoms with Crippen molar-refractivity contribution >= 4 is 60.3 Å². The number of hydrogen-bond acceptors (Lipinski definition) is 11. The molecule has 0 atom stereocenters. The lowest BCUT2D eigenvalue weighted by molar-refractivity contribution is 0.160. The summed E-state index contributed by atoms with van der Waals surface area (Å²) in [5, 5.41) is 23.3. The molecule has 13 nitrogen and oxygen atoms in total. The normalized spacial score (nSPS) is 20.4. The molecular formula is C36H46Cl2N4O9S2. The zero-order valence-corrected chi connectivity index (χ0v) is 32.8. The molecule has 4 fully saturated rings. The summed E-state index contributed by atoms with van der Waals surface area (Å²) < 4.78 is 60.2. The number of anilines is 3. The number of nitrogens with one attached hydrogen (secondary N) is 1. The summed E-state index contributed by atoms with van der Waals surface area (Å²) >= 11 is 12.2. The molecule has 0 aromatic heterocycles. The van der Waals surface area contributed by atoms with E-state index in [4.69, 9.17) is 33.7 Å². The monoisotopic (exact) mass is 812 g/mol. The van der Waals surface area contributed by atoms with Crippen LogP contribution < -0.4 is 26.6 Å². The van der Waals surface area contributed by atoms with E-state index in [9.17, 15) is 36.6 Å². The van der Waals surface area contributed by atoms with E-state index in [1.165, 1.54) is 71.4 Å². The summed E-state index contributed by atoms with van der Waals surface area (Å²) in [6.07, 6.45) is 12.9. The number of benzene rings is 2. The third kappa shape index (κ3) is 7.49. The summed E-state index contributed by atoms with van der Waals surface area (Å²) in [6, 6.07) is 5.50. The van der Waals surface area contributed by atoms with Gasteiger partial charge in [0.05, 0.1) is 28.0 Å². The van der Waals surface area contributed by atoms with E-state index in [1.54, 1.807) is 6.92 Å². The van der Waals surface area contributed by atoms with Crippen LogP contribution in [0.1, 0.15) is 84.0 Å². The number of piperidine rings is 2. The smallest absolute Gasteiger partial charge is 0.272 e. The number of phenols is 2. The summed E-state index contributed by atoms with van der Waals surface area (Å²) in [5.41, 5.74) is 4.49. The maximum atomic E-state index is 13.3. The second kappa shape index (κ2) is 15.2. The Kier molecular flexibility index (Phi) is 11.4. The van der Waals surface area contributed by atoms with Crippen LogP contribution in [0.25, 0.3) is 0 Å². The molecule has 2 saturated heterocycles. The second-order valence-corrected chi connectivity index (χ2v) is 19.3. The molecule has 2 saturated carbocycles. The van der Waals surface area contributed by atoms with Crippen molar-refractivity contribution in [2.45, 2.75) is 93.8 Å². The largest absolute Gasteiger partial charge is 0.504 e. The van der Waals surface area contributed by atoms with Gasteiger partial charge < -0.3 is 26.0 Å². The highest BCUT2D eigenvalue weighted by atomic mass is 35.5. The SMILES string of the molecule is CCOc1c(Nc2ccc(Cl)c(S(=O)(=O)N3CCC4(CCCC4)CC3)c2O)c(=O)c1=O.Nc1ccc(Cl)c(S(=O)(=O)N2CCC3(CCCC3)CC2)c1O. The molecule has 5 N–H and O–H groups in total. The molecule has 0 unspecified atom stereocenters. The molecule has 0 bridgehead atoms. The topological polar surface area (TPSA) is 197 Å². The molecule has 53 heavy (non-hydrogen) atoms. The van der Waals surface area contributed by atoms with Gasteiger partial charge in [-0.1, -0.05) is 48.9 Å². The first-order valence-electron chi connectivity index (χ1n) is 18.1. The molecule has 2 spiro atoms. The molecule has 2 heterocycles. The number of phenolic OH excluding ortho intramolecular Hbond substituents is 2. The van der Waals surface area contributed by atoms with Gasteiger partial charge >= 0.3 is 0 Å². The number of nitrogen functional groups attached to an aromatic ring is 1. The van der Waals surface area contributed by atoms with Gasteiger partial charge in [-0.05, 0) is 93.4 Å². The zero-order chi connectivity index (χ0) is 38.3. The molecule has 2 aliphatic carbocycles. The fraction of sp³-hybridized carbons (Fsp3) is 0.556. The molecule has 3 aromatic rings. The number of ether oxygens (including phenoxy) is 1. The van der Waals surface area contributed by atoms with Crippen LogP contribution in [-0.4, -0.2) is 68.4 Å². The number of hydrogen-bond donors (Lipinski definition) is 4. The second-order valence-electron chi connectivity index (χ2n) is 14.7. The Bertz CT molecular complexity index is 2140. The Hall–Kier alpha value is -3.08. The lowest BCUT2D eigenvalue weighted by Gasteiger charge is -2.38. The van der Waals surface area contributed by atoms with E-state index in [2.05, 4.69) is 5.32 Å². The van der Waals surface area contributed by atoms with Crippen LogP contribution >= 0.6 is 23.2 Å². The Labute approximate surface area is 319 Å². The molecule has 17 heteroatoms. The van der Waals surface area contributed by atoms with E-state index in [0.717, 1.165) is 38.5 Å². The van der Waals surface area contributed by atoms with Gasteiger partial charge in [-0.15, -0.1) is 0 Å². The van der Waals surface area contributed by atoms with Crippen LogP contribution in [-0.2, 0) is 20.0 Å². The first-order chi connectivity index (χ1) is 25.1. The third-order valence-electron chi connectivity index (χ3n) is 11.7. The van der Waals surface area contributed by atoms with Crippen LogP contribution in [0.5, 0.6) is 17.2 Å². The van der Waals surface area contributed by atoms with Crippen molar-refractivity contribution in [2.24, 2.45) is 10.8 Å². The lowest BCUT2D eigenvalue weighted by atomic mass is 9.78. The number of sulfonamides is 2. The minimum absolute atomic E-state index is 0.00727. The quantitative estimate of drug-likeness (QED) is 0.117. The summed E-state index contributed by atoms with van der Waals surface area (Å²) in [7, 11) is -7.87. The Morgan fingerprint density at radius 2 is 1.15 bits per heavy atom. The fourth-order valence-corrected chi connectivity index (χ4v) is 12.6. The van der Waals surface area contributed by atoms with Crippen molar-refractivity contribution in [3.63, 3.8) is 0 Å². The van der Waals surface area contributed by atoms with Gasteiger partial charge in [0.15, 0.2) is 17.2 Å². The van der Waals surface area contributed by atoms with Crippen molar-refractivity contribution in [1.29, 1.82) is 0 Å². The van der Waals surface area contributed by atoms with E-state index >= 15 is 0 Å². The standard InChI is InChI=1S/C21H25ClN2O6S.C15H21ClN2O3S/c1-2-30-19-15(17(26)18(19)27)23-14-6-5-13(22)20(16(14)25)31(28,29)24-11-9-21(10-12-24)7-3-4-8-21;16-11-3-4-12(17)13(19)14(11)22(20,21)18-9-7-15(8-10-18)5-1-2-6-15/h5-6,23,25H,2-4,7-12H2,1H3;3-4,19H,1-2,5-10,17H2. The molecule has 290 valence electrons. The van der Waals surface area contributed by atoms with Crippen LogP contribution in [0.3, 0.4) is 0 Å². The average molecular weight is 814 g/mol. The van der Waals surface area contributed by atoms with Crippen molar-refractivity contribution in [1.82, 2.24) is 8.61 Å². The van der Waals surface area contributed by atoms with Crippen LogP contribution in [0, 0.1) is 10.8 Å². The molecule has 3 aromatic carbocycles. The zero-order valence-electron chi connectivity index (χ0n) is 29.6. The maximum Gasteiger partial charge on any atom is 0.272 e. The number of rotatable bonds is 8. The summed E-state index contributed by atoms with van der Waals surface area (Å²) in [5.74, 6) is -1.18. The summed E-state index contributed by atoms with van der Waals surface area (Å²) in [6.45, 7) is 3.56. The first-order valence-corrected chi connectivity index (χ1v) is 21.7. The number of nitrogens with two attached hydrogens (primary N) is 1. The highest BCUT2D eigenvalue weighted by molar-refractivity contribution is 7.89. The maximum absolute atomic E-state index is 13.3. The Balaban J connectivity index is 0.000000192. The number of halogens is 2. The molecular weight excluding hydrogens is 767 g/mol. The molecule has 7 rings (SSSR count). The fourth-order valence-electron chi connectivity index (χ4n) is 8.51. The lowest BCUT2D eigenvalue weighted by Crippen LogP contribution is -2.42. The number of nitrogens with zero attached hydrogens (tertiary/aromatic N) is 2. The predicted octanol–water partition coefficient (Wildman–Crippen LogP) is 6.10. The highest BCUT2D eigenvalue weighted by Gasteiger charge is 2.43. The number of aromatic hydroxyl groups is 2. The highest BCUT2D eigenvalue weighted by Crippen LogP contribution is 2.49. The Morgan fingerprint density at radius 1 is 0.717 bits per heavy atom. The van der Waals surface area contributed by atoms with Gasteiger partial charge in [-0.25, -0.2) is 16.8 Å². The van der Waals surface area contributed by atoms with Gasteiger partial charge in [0.2, 0.25) is 20.0 Å². The van der Waals surface area contributed by atoms with Gasteiger partial charge in [0.1, 0.15) is 15.5 Å². The van der Waals surface area contributed by atoms with Crippen molar-refractivity contribution in [3.05, 3.63) is 54.8 Å². The average Bonchev–Trinajstić information content (AvgIpc) is 3.79. The minimum Gasteiger partial charge on any atom is -0.504 e. The molecule has 0 amide bonds. The Morgan fingerprint density at radius 3 is 1.60 bits per heavy atom. The van der Waals surface area contributed by atoms with Crippen molar-refractivity contribution in [2.75, 3.05) is 43.8 Å². The van der Waals surface area contributed by atoms with Gasteiger partial charge in [-0.2, -0.15) is 8.61 Å². The predicted molar refractivity (Wildman–Crippen MR) is 204 cm³/mol. The third-order valence-corrected chi connectivity index (χ3v) is 16.5. The van der Waals surface area contributed by atoms with Crippen molar-refractivity contribution < 1.29 is 31.8 Å². The van der Waals surface area contributed by atoms with Crippen LogP contribution in [0.2, 0.25) is 10.0 Å². The van der Waals surface area contributed by atoms with E-state index in [0.29, 0.717) is 31.6 Å². The summed E-state index contributed by atoms with van der Waals surface area (Å²) in [4.78, 5) is 22.9. The van der Waals surface area contributed by atoms with E-state index < -0.39 is 47.3 Å². The van der Waals surface area contributed by atoms with E-state index in [-0.39, 0.29) is 49.8 Å². The molecule has 0 radical (unpaired) electrons. The van der Waals surface area contributed by atoms with E-state index in [1.807, 2.05) is 0 Å². The minimum atomic E-state index is -4.05. The van der Waals surface area contributed by atoms with Gasteiger partial charge in [0, 0.05) is 26.2 Å². The first kappa shape index (κ1) is 39.6. The van der Waals surface area contributed by atoms with Crippen molar-refractivity contribution in [3.8, 4) is 17.2 Å². The van der Waals surface area contributed by atoms with Crippen LogP contribution in [0.4, 0.5) is 17.1 Å². The van der Waals surface area contributed by atoms with Gasteiger partial charge in [-0.3, -0.25) is 9.59 Å². The van der Waals surface area contributed by atoms with Gasteiger partial charge in [0.25, 0.3) is 10.9 Å². The molecule has 2 aliphatic heterocycles. The molecule has 4 aliphatic rings. The van der Waals surface area contributed by atoms with Crippen LogP contribution in [0.15, 0.2) is 43.6 Å².